The first kappa shape index (κ1) is 14.7. The largest absolute Gasteiger partial charge is 0.392 e. The fourth-order valence-electron chi connectivity index (χ4n) is 2.47. The number of rotatable bonds is 8. The molecule has 0 aromatic rings. The van der Waals surface area contributed by atoms with Crippen molar-refractivity contribution in [2.24, 2.45) is 5.92 Å². The molecule has 100 valence electrons. The highest BCUT2D eigenvalue weighted by Crippen LogP contribution is 2.15. The van der Waals surface area contributed by atoms with Gasteiger partial charge in [-0.05, 0) is 31.7 Å². The molecule has 2 N–H and O–H groups in total. The fourth-order valence-corrected chi connectivity index (χ4v) is 2.47. The molecule has 0 spiro atoms. The Bertz CT molecular complexity index is 200. The Labute approximate surface area is 106 Å². The molecule has 1 saturated heterocycles. The standard InChI is InChI=1S/C14H28N2O/c1-2-5-14(7-4-13-17)6-3-10-16-11-8-15-9-12-16/h4,7,14-15,17H,2-3,5-6,8-13H2,1H3/b7-4+. The van der Waals surface area contributed by atoms with E-state index in [1.54, 1.807) is 0 Å². The summed E-state index contributed by atoms with van der Waals surface area (Å²) >= 11 is 0. The van der Waals surface area contributed by atoms with Crippen molar-refractivity contribution in [2.75, 3.05) is 39.3 Å². The highest BCUT2D eigenvalue weighted by atomic mass is 16.2. The van der Waals surface area contributed by atoms with Gasteiger partial charge in [0.15, 0.2) is 0 Å². The van der Waals surface area contributed by atoms with Crippen LogP contribution in [0, 0.1) is 5.92 Å². The quantitative estimate of drug-likeness (QED) is 0.633. The molecule has 0 radical (unpaired) electrons. The Kier molecular flexibility index (Phi) is 8.32. The maximum absolute atomic E-state index is 8.81. The van der Waals surface area contributed by atoms with Crippen LogP contribution in [0.2, 0.25) is 0 Å². The van der Waals surface area contributed by atoms with Crippen LogP contribution in [0.5, 0.6) is 0 Å². The maximum atomic E-state index is 8.81. The number of nitrogens with zero attached hydrogens (tertiary/aromatic N) is 1. The number of piperazine rings is 1. The van der Waals surface area contributed by atoms with Gasteiger partial charge in [0, 0.05) is 26.2 Å². The smallest absolute Gasteiger partial charge is 0.0612 e. The molecule has 1 atom stereocenters. The molecule has 0 bridgehead atoms. The van der Waals surface area contributed by atoms with Gasteiger partial charge in [-0.1, -0.05) is 25.5 Å². The number of hydrogen-bond acceptors (Lipinski definition) is 3. The van der Waals surface area contributed by atoms with Crippen molar-refractivity contribution in [3.05, 3.63) is 12.2 Å². The molecule has 1 heterocycles. The molecular formula is C14H28N2O. The van der Waals surface area contributed by atoms with Crippen LogP contribution in [0.1, 0.15) is 32.6 Å². The minimum Gasteiger partial charge on any atom is -0.392 e. The molecule has 3 nitrogen and oxygen atoms in total. The SMILES string of the molecule is CCCC(/C=C/CO)CCCN1CCNCC1. The second-order valence-corrected chi connectivity index (χ2v) is 4.89. The zero-order chi connectivity index (χ0) is 12.3. The first-order chi connectivity index (χ1) is 8.36. The van der Waals surface area contributed by atoms with Gasteiger partial charge >= 0.3 is 0 Å². The Hall–Kier alpha value is -0.380. The van der Waals surface area contributed by atoms with Crippen LogP contribution in [0.25, 0.3) is 0 Å². The maximum Gasteiger partial charge on any atom is 0.0612 e. The van der Waals surface area contributed by atoms with Gasteiger partial charge in [-0.25, -0.2) is 0 Å². The van der Waals surface area contributed by atoms with Gasteiger partial charge in [-0.15, -0.1) is 0 Å². The number of aliphatic hydroxyl groups excluding tert-OH is 1. The predicted molar refractivity (Wildman–Crippen MR) is 73.2 cm³/mol. The minimum atomic E-state index is 0.179. The third-order valence-corrected chi connectivity index (χ3v) is 3.43. The molecule has 0 aliphatic carbocycles. The van der Waals surface area contributed by atoms with Gasteiger partial charge in [-0.3, -0.25) is 0 Å². The summed E-state index contributed by atoms with van der Waals surface area (Å²) in [6, 6.07) is 0. The first-order valence-electron chi connectivity index (χ1n) is 7.07. The summed E-state index contributed by atoms with van der Waals surface area (Å²) in [7, 11) is 0. The van der Waals surface area contributed by atoms with E-state index in [0.29, 0.717) is 5.92 Å². The van der Waals surface area contributed by atoms with Crippen LogP contribution in [0.15, 0.2) is 12.2 Å². The number of allylic oxidation sites excluding steroid dienone is 1. The Balaban J connectivity index is 2.14. The van der Waals surface area contributed by atoms with Crippen molar-refractivity contribution < 1.29 is 5.11 Å². The predicted octanol–water partition coefficient (Wildman–Crippen LogP) is 1.64. The summed E-state index contributed by atoms with van der Waals surface area (Å²) < 4.78 is 0. The van der Waals surface area contributed by atoms with Crippen LogP contribution >= 0.6 is 0 Å². The molecule has 1 unspecified atom stereocenters. The van der Waals surface area contributed by atoms with Crippen LogP contribution in [-0.2, 0) is 0 Å². The van der Waals surface area contributed by atoms with Crippen molar-refractivity contribution in [1.29, 1.82) is 0 Å². The topological polar surface area (TPSA) is 35.5 Å². The third-order valence-electron chi connectivity index (χ3n) is 3.43. The summed E-state index contributed by atoms with van der Waals surface area (Å²) in [5, 5.41) is 12.2. The Morgan fingerprint density at radius 2 is 2.06 bits per heavy atom. The lowest BCUT2D eigenvalue weighted by atomic mass is 9.97. The molecule has 1 fully saturated rings. The van der Waals surface area contributed by atoms with E-state index in [4.69, 9.17) is 5.11 Å². The molecule has 1 rings (SSSR count). The Morgan fingerprint density at radius 1 is 1.29 bits per heavy atom. The van der Waals surface area contributed by atoms with Crippen LogP contribution in [0.3, 0.4) is 0 Å². The van der Waals surface area contributed by atoms with Crippen LogP contribution in [0.4, 0.5) is 0 Å². The Morgan fingerprint density at radius 3 is 2.71 bits per heavy atom. The van der Waals surface area contributed by atoms with E-state index in [2.05, 4.69) is 23.2 Å². The zero-order valence-electron chi connectivity index (χ0n) is 11.2. The normalized spacial score (nSPS) is 19.9. The van der Waals surface area contributed by atoms with Gasteiger partial charge in [0.25, 0.3) is 0 Å². The fraction of sp³-hybridized carbons (Fsp3) is 0.857. The molecule has 0 aromatic heterocycles. The molecule has 1 aliphatic rings. The van der Waals surface area contributed by atoms with Gasteiger partial charge in [0.2, 0.25) is 0 Å². The lowest BCUT2D eigenvalue weighted by molar-refractivity contribution is 0.233. The summed E-state index contributed by atoms with van der Waals surface area (Å²) in [6.45, 7) is 8.32. The molecular weight excluding hydrogens is 212 g/mol. The van der Waals surface area contributed by atoms with Crippen molar-refractivity contribution in [3.63, 3.8) is 0 Å². The average Bonchev–Trinajstić information content (AvgIpc) is 2.37. The van der Waals surface area contributed by atoms with E-state index >= 15 is 0 Å². The van der Waals surface area contributed by atoms with Crippen molar-refractivity contribution in [2.45, 2.75) is 32.6 Å². The zero-order valence-corrected chi connectivity index (χ0v) is 11.2. The van der Waals surface area contributed by atoms with Crippen molar-refractivity contribution in [1.82, 2.24) is 10.2 Å². The summed E-state index contributed by atoms with van der Waals surface area (Å²) in [5.41, 5.74) is 0. The molecule has 0 aromatic carbocycles. The van der Waals surface area contributed by atoms with Gasteiger partial charge in [-0.2, -0.15) is 0 Å². The number of hydrogen-bond donors (Lipinski definition) is 2. The first-order valence-corrected chi connectivity index (χ1v) is 7.07. The van der Waals surface area contributed by atoms with Crippen LogP contribution < -0.4 is 5.32 Å². The van der Waals surface area contributed by atoms with Gasteiger partial charge in [0.1, 0.15) is 0 Å². The summed E-state index contributed by atoms with van der Waals surface area (Å²) in [5.74, 6) is 0.662. The van der Waals surface area contributed by atoms with Crippen molar-refractivity contribution >= 4 is 0 Å². The minimum absolute atomic E-state index is 0.179. The van der Waals surface area contributed by atoms with Crippen molar-refractivity contribution in [3.8, 4) is 0 Å². The van der Waals surface area contributed by atoms with E-state index in [1.807, 2.05) is 6.08 Å². The van der Waals surface area contributed by atoms with E-state index < -0.39 is 0 Å². The monoisotopic (exact) mass is 240 g/mol. The highest BCUT2D eigenvalue weighted by Gasteiger charge is 2.10. The number of aliphatic hydroxyl groups is 1. The van der Waals surface area contributed by atoms with E-state index in [0.717, 1.165) is 13.1 Å². The second kappa shape index (κ2) is 9.63. The second-order valence-electron chi connectivity index (χ2n) is 4.89. The van der Waals surface area contributed by atoms with Gasteiger partial charge < -0.3 is 15.3 Å². The van der Waals surface area contributed by atoms with Crippen LogP contribution in [-0.4, -0.2) is 49.3 Å². The highest BCUT2D eigenvalue weighted by molar-refractivity contribution is 4.88. The summed E-state index contributed by atoms with van der Waals surface area (Å²) in [4.78, 5) is 2.55. The summed E-state index contributed by atoms with van der Waals surface area (Å²) in [6.07, 6.45) is 9.10. The molecule has 1 aliphatic heterocycles. The molecule has 17 heavy (non-hydrogen) atoms. The van der Waals surface area contributed by atoms with Gasteiger partial charge in [0.05, 0.1) is 6.61 Å². The van der Waals surface area contributed by atoms with E-state index in [1.165, 1.54) is 45.3 Å². The molecule has 3 heteroatoms. The number of nitrogens with one attached hydrogen (secondary N) is 1. The lowest BCUT2D eigenvalue weighted by Crippen LogP contribution is -2.43. The third kappa shape index (κ3) is 6.81. The molecule has 0 amide bonds. The average molecular weight is 240 g/mol. The molecule has 0 saturated carbocycles. The lowest BCUT2D eigenvalue weighted by Gasteiger charge is -2.27. The van der Waals surface area contributed by atoms with E-state index in [9.17, 15) is 0 Å². The van der Waals surface area contributed by atoms with E-state index in [-0.39, 0.29) is 6.61 Å².